The summed E-state index contributed by atoms with van der Waals surface area (Å²) in [5, 5.41) is 2.92. The fourth-order valence-electron chi connectivity index (χ4n) is 2.39. The summed E-state index contributed by atoms with van der Waals surface area (Å²) in [4.78, 5) is 31.0. The lowest BCUT2D eigenvalue weighted by Crippen LogP contribution is -2.42. The third-order valence-corrected chi connectivity index (χ3v) is 3.56. The molecule has 0 saturated heterocycles. The van der Waals surface area contributed by atoms with Crippen LogP contribution in [0, 0.1) is 5.92 Å². The largest absolute Gasteiger partial charge is 0.451 e. The third-order valence-electron chi connectivity index (χ3n) is 3.56. The molecule has 1 heterocycles. The molecule has 6 heteroatoms. The average Bonchev–Trinajstić information content (AvgIpc) is 2.48. The molecule has 1 saturated carbocycles. The lowest BCUT2D eigenvalue weighted by Gasteiger charge is -2.29. The summed E-state index contributed by atoms with van der Waals surface area (Å²) in [5.41, 5.74) is 0.103. The first kappa shape index (κ1) is 14.4. The number of carbonyl (C=O) groups is 2. The third kappa shape index (κ3) is 4.01. The number of amides is 1. The van der Waals surface area contributed by atoms with E-state index in [0.29, 0.717) is 5.92 Å². The maximum absolute atomic E-state index is 11.8. The van der Waals surface area contributed by atoms with Crippen molar-refractivity contribution in [3.8, 4) is 0 Å². The van der Waals surface area contributed by atoms with Crippen molar-refractivity contribution in [1.82, 2.24) is 15.3 Å². The molecule has 1 aromatic rings. The van der Waals surface area contributed by atoms with Gasteiger partial charge in [0.05, 0.1) is 6.20 Å². The second-order valence-electron chi connectivity index (χ2n) is 5.10. The predicted octanol–water partition coefficient (Wildman–Crippen LogP) is 1.33. The fourth-order valence-corrected chi connectivity index (χ4v) is 2.39. The summed E-state index contributed by atoms with van der Waals surface area (Å²) in [6.07, 6.45) is 8.65. The zero-order valence-corrected chi connectivity index (χ0v) is 11.5. The maximum Gasteiger partial charge on any atom is 0.359 e. The van der Waals surface area contributed by atoms with Gasteiger partial charge < -0.3 is 10.1 Å². The Labute approximate surface area is 118 Å². The molecule has 0 unspecified atom stereocenters. The molecule has 0 radical (unpaired) electrons. The minimum absolute atomic E-state index is 0.103. The van der Waals surface area contributed by atoms with Crippen LogP contribution in [-0.2, 0) is 9.53 Å². The highest BCUT2D eigenvalue weighted by molar-refractivity contribution is 5.89. The Bertz CT molecular complexity index is 464. The maximum atomic E-state index is 11.8. The van der Waals surface area contributed by atoms with Gasteiger partial charge in [-0.3, -0.25) is 9.78 Å². The van der Waals surface area contributed by atoms with Crippen LogP contribution >= 0.6 is 0 Å². The molecule has 2 atom stereocenters. The van der Waals surface area contributed by atoms with E-state index in [1.54, 1.807) is 0 Å². The molecule has 20 heavy (non-hydrogen) atoms. The SMILES string of the molecule is C[C@H]1CCCC[C@H]1NC(=O)COC(=O)c1cnccn1. The van der Waals surface area contributed by atoms with Crippen molar-refractivity contribution in [2.45, 2.75) is 38.6 Å². The van der Waals surface area contributed by atoms with Gasteiger partial charge in [0.1, 0.15) is 0 Å². The van der Waals surface area contributed by atoms with Gasteiger partial charge in [-0.2, -0.15) is 0 Å². The van der Waals surface area contributed by atoms with E-state index in [2.05, 4.69) is 22.2 Å². The van der Waals surface area contributed by atoms with E-state index in [0.717, 1.165) is 19.3 Å². The van der Waals surface area contributed by atoms with E-state index in [1.807, 2.05) is 0 Å². The Hall–Kier alpha value is -1.98. The number of nitrogens with zero attached hydrogens (tertiary/aromatic N) is 2. The summed E-state index contributed by atoms with van der Waals surface area (Å²) in [7, 11) is 0. The van der Waals surface area contributed by atoms with Gasteiger partial charge in [0, 0.05) is 18.4 Å². The van der Waals surface area contributed by atoms with E-state index >= 15 is 0 Å². The van der Waals surface area contributed by atoms with Gasteiger partial charge in [0.25, 0.3) is 5.91 Å². The monoisotopic (exact) mass is 277 g/mol. The molecular weight excluding hydrogens is 258 g/mol. The highest BCUT2D eigenvalue weighted by Gasteiger charge is 2.23. The summed E-state index contributed by atoms with van der Waals surface area (Å²) in [5.74, 6) is -0.422. The number of hydrogen-bond donors (Lipinski definition) is 1. The first-order chi connectivity index (χ1) is 9.66. The highest BCUT2D eigenvalue weighted by Crippen LogP contribution is 2.23. The highest BCUT2D eigenvalue weighted by atomic mass is 16.5. The van der Waals surface area contributed by atoms with Crippen LogP contribution in [0.15, 0.2) is 18.6 Å². The van der Waals surface area contributed by atoms with E-state index in [4.69, 9.17) is 4.74 Å². The predicted molar refractivity (Wildman–Crippen MR) is 71.9 cm³/mol. The smallest absolute Gasteiger partial charge is 0.359 e. The second-order valence-corrected chi connectivity index (χ2v) is 5.10. The van der Waals surface area contributed by atoms with E-state index < -0.39 is 5.97 Å². The normalized spacial score (nSPS) is 22.1. The van der Waals surface area contributed by atoms with Gasteiger partial charge in [-0.1, -0.05) is 19.8 Å². The number of aromatic nitrogens is 2. The molecule has 0 bridgehead atoms. The molecule has 1 amide bonds. The van der Waals surface area contributed by atoms with Crippen LogP contribution < -0.4 is 5.32 Å². The van der Waals surface area contributed by atoms with Crippen molar-refractivity contribution < 1.29 is 14.3 Å². The standard InChI is InChI=1S/C14H19N3O3/c1-10-4-2-3-5-11(10)17-13(18)9-20-14(19)12-8-15-6-7-16-12/h6-8,10-11H,2-5,9H2,1H3,(H,17,18)/t10-,11+/m0/s1. The van der Waals surface area contributed by atoms with Crippen LogP contribution in [-0.4, -0.2) is 34.5 Å². The molecule has 0 spiro atoms. The summed E-state index contributed by atoms with van der Waals surface area (Å²) >= 11 is 0. The Morgan fingerprint density at radius 2 is 2.15 bits per heavy atom. The molecule has 0 aliphatic heterocycles. The molecule has 1 aromatic heterocycles. The lowest BCUT2D eigenvalue weighted by atomic mass is 9.86. The molecule has 6 nitrogen and oxygen atoms in total. The van der Waals surface area contributed by atoms with Crippen LogP contribution in [0.3, 0.4) is 0 Å². The number of hydrogen-bond acceptors (Lipinski definition) is 5. The Balaban J connectivity index is 1.76. The molecule has 108 valence electrons. The van der Waals surface area contributed by atoms with Crippen molar-refractivity contribution >= 4 is 11.9 Å². The Kier molecular flexibility index (Phi) is 5.03. The zero-order valence-electron chi connectivity index (χ0n) is 11.5. The van der Waals surface area contributed by atoms with Crippen LogP contribution in [0.2, 0.25) is 0 Å². The summed E-state index contributed by atoms with van der Waals surface area (Å²) in [6, 6.07) is 0.187. The van der Waals surface area contributed by atoms with Crippen molar-refractivity contribution in [1.29, 1.82) is 0 Å². The van der Waals surface area contributed by atoms with Crippen molar-refractivity contribution in [3.05, 3.63) is 24.3 Å². The van der Waals surface area contributed by atoms with E-state index in [-0.39, 0.29) is 24.2 Å². The van der Waals surface area contributed by atoms with E-state index in [1.165, 1.54) is 25.0 Å². The van der Waals surface area contributed by atoms with Crippen molar-refractivity contribution in [3.63, 3.8) is 0 Å². The molecule has 1 N–H and O–H groups in total. The average molecular weight is 277 g/mol. The van der Waals surface area contributed by atoms with Crippen LogP contribution in [0.1, 0.15) is 43.1 Å². The fraction of sp³-hybridized carbons (Fsp3) is 0.571. The molecule has 2 rings (SSSR count). The molecular formula is C14H19N3O3. The van der Waals surface area contributed by atoms with Gasteiger partial charge >= 0.3 is 5.97 Å². The van der Waals surface area contributed by atoms with Crippen LogP contribution in [0.4, 0.5) is 0 Å². The van der Waals surface area contributed by atoms with Crippen LogP contribution in [0.5, 0.6) is 0 Å². The number of nitrogens with one attached hydrogen (secondary N) is 1. The molecule has 1 aliphatic carbocycles. The molecule has 1 aliphatic rings. The van der Waals surface area contributed by atoms with Crippen LogP contribution in [0.25, 0.3) is 0 Å². The van der Waals surface area contributed by atoms with E-state index in [9.17, 15) is 9.59 Å². The minimum atomic E-state index is -0.634. The second kappa shape index (κ2) is 6.98. The first-order valence-corrected chi connectivity index (χ1v) is 6.89. The Morgan fingerprint density at radius 1 is 1.35 bits per heavy atom. The summed E-state index contributed by atoms with van der Waals surface area (Å²) < 4.78 is 4.91. The van der Waals surface area contributed by atoms with Gasteiger partial charge in [0.2, 0.25) is 0 Å². The Morgan fingerprint density at radius 3 is 2.85 bits per heavy atom. The molecule has 0 aromatic carbocycles. The first-order valence-electron chi connectivity index (χ1n) is 6.89. The number of esters is 1. The van der Waals surface area contributed by atoms with Crippen molar-refractivity contribution in [2.24, 2.45) is 5.92 Å². The lowest BCUT2D eigenvalue weighted by molar-refractivity contribution is -0.125. The van der Waals surface area contributed by atoms with Gasteiger partial charge in [-0.25, -0.2) is 9.78 Å². The quantitative estimate of drug-likeness (QED) is 0.840. The number of ether oxygens (including phenoxy) is 1. The molecule has 1 fully saturated rings. The minimum Gasteiger partial charge on any atom is -0.451 e. The summed E-state index contributed by atoms with van der Waals surface area (Å²) in [6.45, 7) is 1.86. The number of carbonyl (C=O) groups excluding carboxylic acids is 2. The van der Waals surface area contributed by atoms with Gasteiger partial charge in [-0.15, -0.1) is 0 Å². The number of rotatable bonds is 4. The topological polar surface area (TPSA) is 81.2 Å². The van der Waals surface area contributed by atoms with Gasteiger partial charge in [-0.05, 0) is 18.8 Å². The zero-order chi connectivity index (χ0) is 14.4. The van der Waals surface area contributed by atoms with Gasteiger partial charge in [0.15, 0.2) is 12.3 Å². The van der Waals surface area contributed by atoms with Crippen molar-refractivity contribution in [2.75, 3.05) is 6.61 Å².